The first-order valence-electron chi connectivity index (χ1n) is 12.5. The fraction of sp³-hybridized carbons (Fsp3) is 0.462. The maximum atomic E-state index is 11.1. The number of morpholine rings is 1. The Labute approximate surface area is 215 Å². The van der Waals surface area contributed by atoms with Crippen molar-refractivity contribution in [2.45, 2.75) is 25.3 Å². The summed E-state index contributed by atoms with van der Waals surface area (Å²) < 4.78 is 13.2. The highest BCUT2D eigenvalue weighted by Gasteiger charge is 2.31. The Balaban J connectivity index is 1.33. The number of carboxylic acid groups (broad SMARTS) is 1. The Kier molecular flexibility index (Phi) is 7.12. The van der Waals surface area contributed by atoms with Gasteiger partial charge < -0.3 is 24.8 Å². The Hall–Kier alpha value is -3.88. The highest BCUT2D eigenvalue weighted by Crippen LogP contribution is 2.32. The third kappa shape index (κ3) is 5.60. The minimum absolute atomic E-state index is 0.417. The first-order chi connectivity index (χ1) is 17.9. The van der Waals surface area contributed by atoms with Crippen LogP contribution >= 0.6 is 0 Å². The predicted molar refractivity (Wildman–Crippen MR) is 137 cm³/mol. The summed E-state index contributed by atoms with van der Waals surface area (Å²) in [6.07, 6.45) is 5.62. The third-order valence-electron chi connectivity index (χ3n) is 7.15. The summed E-state index contributed by atoms with van der Waals surface area (Å²) in [6, 6.07) is 8.10. The molecule has 1 amide bonds. The van der Waals surface area contributed by atoms with E-state index in [1.54, 1.807) is 16.9 Å². The molecule has 11 heteroatoms. The number of fused-ring (bicyclic) bond motifs is 1. The van der Waals surface area contributed by atoms with Gasteiger partial charge in [0.1, 0.15) is 18.4 Å². The average Bonchev–Trinajstić information content (AvgIpc) is 3.32. The van der Waals surface area contributed by atoms with Gasteiger partial charge in [-0.3, -0.25) is 9.88 Å². The summed E-state index contributed by atoms with van der Waals surface area (Å²) in [5, 5.41) is 25.7. The van der Waals surface area contributed by atoms with E-state index in [1.807, 2.05) is 31.3 Å². The monoisotopic (exact) mass is 505 g/mol. The van der Waals surface area contributed by atoms with Crippen LogP contribution in [0.4, 0.5) is 10.5 Å². The molecule has 37 heavy (non-hydrogen) atoms. The van der Waals surface area contributed by atoms with Crippen molar-refractivity contribution in [1.29, 1.82) is 5.26 Å². The number of hydrogen-bond acceptors (Lipinski definition) is 8. The Morgan fingerprint density at radius 1 is 1.24 bits per heavy atom. The summed E-state index contributed by atoms with van der Waals surface area (Å²) in [4.78, 5) is 20.3. The SMILES string of the molecule is CC1(NC(=O)O)CCN(c2ccc(-c3cc(OCCN4CCOCC4)cn4ncc(C#N)c34)nc2)CC1. The van der Waals surface area contributed by atoms with E-state index in [4.69, 9.17) is 19.6 Å². The molecule has 0 bridgehead atoms. The molecule has 0 spiro atoms. The molecule has 0 radical (unpaired) electrons. The zero-order chi connectivity index (χ0) is 25.8. The lowest BCUT2D eigenvalue weighted by atomic mass is 9.89. The lowest BCUT2D eigenvalue weighted by molar-refractivity contribution is 0.0322. The van der Waals surface area contributed by atoms with Crippen molar-refractivity contribution in [3.8, 4) is 23.1 Å². The molecule has 2 N–H and O–H groups in total. The van der Waals surface area contributed by atoms with Crippen molar-refractivity contribution >= 4 is 17.3 Å². The Bertz CT molecular complexity index is 1290. The molecule has 5 rings (SSSR count). The molecular formula is C26H31N7O4. The second-order valence-electron chi connectivity index (χ2n) is 9.73. The summed E-state index contributed by atoms with van der Waals surface area (Å²) in [5.74, 6) is 0.662. The fourth-order valence-corrected chi connectivity index (χ4v) is 4.94. The van der Waals surface area contributed by atoms with E-state index >= 15 is 0 Å². The highest BCUT2D eigenvalue weighted by atomic mass is 16.5. The quantitative estimate of drug-likeness (QED) is 0.498. The van der Waals surface area contributed by atoms with Crippen molar-refractivity contribution in [1.82, 2.24) is 24.8 Å². The molecular weight excluding hydrogens is 474 g/mol. The molecule has 0 saturated carbocycles. The number of nitriles is 1. The zero-order valence-corrected chi connectivity index (χ0v) is 20.9. The van der Waals surface area contributed by atoms with Gasteiger partial charge in [-0.05, 0) is 38.0 Å². The average molecular weight is 506 g/mol. The fourth-order valence-electron chi connectivity index (χ4n) is 4.94. The molecule has 3 aromatic heterocycles. The Morgan fingerprint density at radius 3 is 2.70 bits per heavy atom. The number of pyridine rings is 2. The molecule has 2 aliphatic heterocycles. The van der Waals surface area contributed by atoms with E-state index in [1.165, 1.54) is 0 Å². The number of anilines is 1. The van der Waals surface area contributed by atoms with Crippen LogP contribution in [0.2, 0.25) is 0 Å². The van der Waals surface area contributed by atoms with E-state index in [-0.39, 0.29) is 0 Å². The van der Waals surface area contributed by atoms with Crippen LogP contribution in [0.5, 0.6) is 5.75 Å². The zero-order valence-electron chi connectivity index (χ0n) is 20.9. The number of rotatable bonds is 7. The molecule has 2 fully saturated rings. The smallest absolute Gasteiger partial charge is 0.405 e. The second-order valence-corrected chi connectivity index (χ2v) is 9.73. The topological polar surface area (TPSA) is 128 Å². The molecule has 0 unspecified atom stereocenters. The lowest BCUT2D eigenvalue weighted by Crippen LogP contribution is -2.53. The van der Waals surface area contributed by atoms with Crippen LogP contribution in [-0.2, 0) is 4.74 Å². The van der Waals surface area contributed by atoms with Gasteiger partial charge in [0.05, 0.1) is 54.3 Å². The summed E-state index contributed by atoms with van der Waals surface area (Å²) in [5.41, 5.74) is 3.22. The molecule has 0 aromatic carbocycles. The van der Waals surface area contributed by atoms with Gasteiger partial charge in [-0.2, -0.15) is 10.4 Å². The van der Waals surface area contributed by atoms with E-state index < -0.39 is 11.6 Å². The standard InChI is InChI=1S/C26H31N7O4/c1-26(30-25(34)35)4-6-32(7-5-26)20-2-3-23(28-17-20)22-14-21(18-33-24(22)19(15-27)16-29-33)37-13-10-31-8-11-36-12-9-31/h2-3,14,16-18,30H,4-13H2,1H3,(H,34,35). The summed E-state index contributed by atoms with van der Waals surface area (Å²) in [6.45, 7) is 8.06. The van der Waals surface area contributed by atoms with Crippen LogP contribution in [0.3, 0.4) is 0 Å². The van der Waals surface area contributed by atoms with Gasteiger partial charge in [0, 0.05) is 43.8 Å². The first-order valence-corrected chi connectivity index (χ1v) is 12.5. The maximum Gasteiger partial charge on any atom is 0.405 e. The van der Waals surface area contributed by atoms with Crippen LogP contribution in [0, 0.1) is 11.3 Å². The number of carbonyl (C=O) groups is 1. The highest BCUT2D eigenvalue weighted by molar-refractivity contribution is 5.84. The lowest BCUT2D eigenvalue weighted by Gasteiger charge is -2.40. The van der Waals surface area contributed by atoms with E-state index in [0.717, 1.165) is 62.9 Å². The first kappa shape index (κ1) is 24.8. The number of piperidine rings is 1. The largest absolute Gasteiger partial charge is 0.491 e. The van der Waals surface area contributed by atoms with Crippen LogP contribution < -0.4 is 15.0 Å². The van der Waals surface area contributed by atoms with Gasteiger partial charge in [-0.15, -0.1) is 0 Å². The van der Waals surface area contributed by atoms with Crippen molar-refractivity contribution in [2.24, 2.45) is 0 Å². The molecule has 194 valence electrons. The number of nitrogens with one attached hydrogen (secondary N) is 1. The van der Waals surface area contributed by atoms with Crippen LogP contribution in [0.1, 0.15) is 25.3 Å². The second kappa shape index (κ2) is 10.6. The van der Waals surface area contributed by atoms with Gasteiger partial charge in [0.15, 0.2) is 0 Å². The van der Waals surface area contributed by atoms with E-state index in [9.17, 15) is 10.1 Å². The number of amides is 1. The van der Waals surface area contributed by atoms with E-state index in [2.05, 4.69) is 26.3 Å². The minimum atomic E-state index is -0.989. The van der Waals surface area contributed by atoms with Gasteiger partial charge in [0.25, 0.3) is 0 Å². The molecule has 0 atom stereocenters. The Morgan fingerprint density at radius 2 is 2.03 bits per heavy atom. The third-order valence-corrected chi connectivity index (χ3v) is 7.15. The maximum absolute atomic E-state index is 11.1. The van der Waals surface area contributed by atoms with Crippen molar-refractivity contribution < 1.29 is 19.4 Å². The molecule has 3 aromatic rings. The minimum Gasteiger partial charge on any atom is -0.491 e. The normalized spacial score (nSPS) is 17.9. The molecule has 5 heterocycles. The van der Waals surface area contributed by atoms with Crippen molar-refractivity contribution in [3.05, 3.63) is 42.4 Å². The summed E-state index contributed by atoms with van der Waals surface area (Å²) >= 11 is 0. The summed E-state index contributed by atoms with van der Waals surface area (Å²) in [7, 11) is 0. The van der Waals surface area contributed by atoms with Crippen molar-refractivity contribution in [3.63, 3.8) is 0 Å². The van der Waals surface area contributed by atoms with Crippen molar-refractivity contribution in [2.75, 3.05) is 57.4 Å². The number of ether oxygens (including phenoxy) is 2. The number of hydrogen-bond donors (Lipinski definition) is 2. The van der Waals surface area contributed by atoms with Crippen LogP contribution in [0.15, 0.2) is 36.8 Å². The van der Waals surface area contributed by atoms with Gasteiger partial charge in [-0.1, -0.05) is 0 Å². The number of aromatic nitrogens is 3. The van der Waals surface area contributed by atoms with Gasteiger partial charge in [-0.25, -0.2) is 9.31 Å². The van der Waals surface area contributed by atoms with E-state index in [0.29, 0.717) is 36.3 Å². The van der Waals surface area contributed by atoms with Crippen LogP contribution in [0.25, 0.3) is 16.8 Å². The molecule has 11 nitrogen and oxygen atoms in total. The number of nitrogens with zero attached hydrogens (tertiary/aromatic N) is 6. The van der Waals surface area contributed by atoms with Gasteiger partial charge in [0.2, 0.25) is 0 Å². The van der Waals surface area contributed by atoms with Gasteiger partial charge >= 0.3 is 6.09 Å². The molecule has 2 aliphatic rings. The molecule has 0 aliphatic carbocycles. The molecule has 2 saturated heterocycles. The predicted octanol–water partition coefficient (Wildman–Crippen LogP) is 2.61. The van der Waals surface area contributed by atoms with Crippen LogP contribution in [-0.4, -0.2) is 88.8 Å².